The maximum Gasteiger partial charge on any atom is 0.407 e. The van der Waals surface area contributed by atoms with E-state index in [1.165, 1.54) is 20.3 Å². The van der Waals surface area contributed by atoms with Gasteiger partial charge in [-0.3, -0.25) is 9.59 Å². The molecule has 1 fully saturated rings. The van der Waals surface area contributed by atoms with Gasteiger partial charge in [0.05, 0.1) is 6.42 Å². The van der Waals surface area contributed by atoms with E-state index in [0.29, 0.717) is 6.54 Å². The normalized spacial score (nSPS) is 17.4. The van der Waals surface area contributed by atoms with Gasteiger partial charge in [-0.2, -0.15) is 0 Å². The van der Waals surface area contributed by atoms with Crippen molar-refractivity contribution in [2.45, 2.75) is 58.7 Å². The number of carbonyl (C=O) groups is 3. The third-order valence-corrected chi connectivity index (χ3v) is 3.49. The average Bonchev–Trinajstić information content (AvgIpc) is 2.37. The molecule has 128 valence electrons. The number of carbonyl (C=O) groups excluding carboxylic acids is 2. The second-order valence-electron chi connectivity index (χ2n) is 5.45. The predicted molar refractivity (Wildman–Crippen MR) is 78.7 cm³/mol. The number of amides is 1. The summed E-state index contributed by atoms with van der Waals surface area (Å²) in [7, 11) is 0. The fraction of sp³-hybridized carbons (Fsp3) is 0.786. The Hall–Kier alpha value is -1.83. The SMILES string of the molecule is CC(=O)OC(C)OC(N)=O.NCC1(CC(=O)O)CCCCC1. The second-order valence-corrected chi connectivity index (χ2v) is 5.45. The van der Waals surface area contributed by atoms with Crippen LogP contribution >= 0.6 is 0 Å². The smallest absolute Gasteiger partial charge is 0.407 e. The highest BCUT2D eigenvalue weighted by Gasteiger charge is 2.32. The largest absolute Gasteiger partial charge is 0.481 e. The summed E-state index contributed by atoms with van der Waals surface area (Å²) in [5, 5.41) is 8.71. The lowest BCUT2D eigenvalue weighted by molar-refractivity contribution is -0.161. The van der Waals surface area contributed by atoms with Crippen LogP contribution in [-0.4, -0.2) is 36.0 Å². The van der Waals surface area contributed by atoms with Gasteiger partial charge in [0.1, 0.15) is 0 Å². The van der Waals surface area contributed by atoms with Gasteiger partial charge >= 0.3 is 18.0 Å². The van der Waals surface area contributed by atoms with E-state index in [9.17, 15) is 14.4 Å². The number of carboxylic acids is 1. The van der Waals surface area contributed by atoms with E-state index in [4.69, 9.17) is 10.8 Å². The third-order valence-electron chi connectivity index (χ3n) is 3.49. The van der Waals surface area contributed by atoms with Crippen LogP contribution in [-0.2, 0) is 19.1 Å². The third kappa shape index (κ3) is 9.17. The standard InChI is InChI=1S/C9H17NO2.C5H9NO4/c10-7-9(6-8(11)12)4-2-1-3-5-9;1-3(7)9-4(2)10-5(6)8/h1-7,10H2,(H,11,12);4H,1-2H3,(H2,6,8). The molecule has 0 radical (unpaired) electrons. The highest BCUT2D eigenvalue weighted by atomic mass is 16.7. The van der Waals surface area contributed by atoms with Crippen molar-refractivity contribution in [3.63, 3.8) is 0 Å². The minimum absolute atomic E-state index is 0.0793. The van der Waals surface area contributed by atoms with Crippen LogP contribution in [0.25, 0.3) is 0 Å². The summed E-state index contributed by atoms with van der Waals surface area (Å²) in [5.41, 5.74) is 10.2. The van der Waals surface area contributed by atoms with Crippen LogP contribution in [0.3, 0.4) is 0 Å². The molecule has 1 unspecified atom stereocenters. The fourth-order valence-electron chi connectivity index (χ4n) is 2.50. The van der Waals surface area contributed by atoms with Crippen molar-refractivity contribution in [3.05, 3.63) is 0 Å². The Kier molecular flexibility index (Phi) is 9.16. The molecule has 0 aromatic carbocycles. The summed E-state index contributed by atoms with van der Waals surface area (Å²) in [4.78, 5) is 30.8. The van der Waals surface area contributed by atoms with Crippen molar-refractivity contribution in [1.82, 2.24) is 0 Å². The number of rotatable bonds is 5. The van der Waals surface area contributed by atoms with Gasteiger partial charge in [0.25, 0.3) is 0 Å². The van der Waals surface area contributed by atoms with Crippen LogP contribution in [0.4, 0.5) is 4.79 Å². The van der Waals surface area contributed by atoms with Crippen molar-refractivity contribution in [3.8, 4) is 0 Å². The van der Waals surface area contributed by atoms with Gasteiger partial charge in [0.15, 0.2) is 0 Å². The highest BCUT2D eigenvalue weighted by Crippen LogP contribution is 2.38. The van der Waals surface area contributed by atoms with Gasteiger partial charge < -0.3 is 26.0 Å². The average molecular weight is 318 g/mol. The van der Waals surface area contributed by atoms with Gasteiger partial charge in [-0.25, -0.2) is 4.79 Å². The molecular formula is C14H26N2O6. The number of carboxylic acid groups (broad SMARTS) is 1. The van der Waals surface area contributed by atoms with Crippen LogP contribution in [0.2, 0.25) is 0 Å². The Morgan fingerprint density at radius 3 is 2.09 bits per heavy atom. The lowest BCUT2D eigenvalue weighted by atomic mass is 9.72. The molecule has 5 N–H and O–H groups in total. The van der Waals surface area contributed by atoms with E-state index in [1.807, 2.05) is 0 Å². The molecule has 1 saturated carbocycles. The summed E-state index contributed by atoms with van der Waals surface area (Å²) >= 11 is 0. The number of aliphatic carboxylic acids is 1. The number of primary amides is 1. The van der Waals surface area contributed by atoms with E-state index < -0.39 is 24.3 Å². The molecule has 0 aromatic heterocycles. The first-order chi connectivity index (χ1) is 10.2. The molecule has 0 heterocycles. The van der Waals surface area contributed by atoms with Crippen LogP contribution < -0.4 is 11.5 Å². The second kappa shape index (κ2) is 9.99. The molecule has 1 aliphatic rings. The van der Waals surface area contributed by atoms with Crippen molar-refractivity contribution >= 4 is 18.0 Å². The van der Waals surface area contributed by atoms with E-state index in [1.54, 1.807) is 0 Å². The summed E-state index contributed by atoms with van der Waals surface area (Å²) in [6, 6.07) is 0. The molecule has 0 saturated heterocycles. The van der Waals surface area contributed by atoms with E-state index >= 15 is 0 Å². The summed E-state index contributed by atoms with van der Waals surface area (Å²) in [6.07, 6.45) is 3.90. The predicted octanol–water partition coefficient (Wildman–Crippen LogP) is 1.36. The monoisotopic (exact) mass is 318 g/mol. The molecular weight excluding hydrogens is 292 g/mol. The lowest BCUT2D eigenvalue weighted by Crippen LogP contribution is -2.34. The Labute approximate surface area is 130 Å². The molecule has 1 rings (SSSR count). The Morgan fingerprint density at radius 1 is 1.18 bits per heavy atom. The zero-order valence-corrected chi connectivity index (χ0v) is 13.2. The fourth-order valence-corrected chi connectivity index (χ4v) is 2.50. The topological polar surface area (TPSA) is 142 Å². The van der Waals surface area contributed by atoms with Gasteiger partial charge in [0, 0.05) is 13.8 Å². The maximum atomic E-state index is 10.6. The molecule has 1 aliphatic carbocycles. The number of hydrogen-bond acceptors (Lipinski definition) is 6. The van der Waals surface area contributed by atoms with Crippen LogP contribution in [0.5, 0.6) is 0 Å². The van der Waals surface area contributed by atoms with Crippen molar-refractivity contribution < 1.29 is 29.0 Å². The van der Waals surface area contributed by atoms with Crippen LogP contribution in [0.15, 0.2) is 0 Å². The minimum atomic E-state index is -0.964. The molecule has 1 amide bonds. The molecule has 1 atom stereocenters. The highest BCUT2D eigenvalue weighted by molar-refractivity contribution is 5.68. The van der Waals surface area contributed by atoms with Crippen molar-refractivity contribution in [2.75, 3.05) is 6.54 Å². The molecule has 0 bridgehead atoms. The van der Waals surface area contributed by atoms with Gasteiger partial charge in [-0.15, -0.1) is 0 Å². The number of hydrogen-bond donors (Lipinski definition) is 3. The van der Waals surface area contributed by atoms with Gasteiger partial charge in [-0.05, 0) is 24.8 Å². The molecule has 0 spiro atoms. The molecule has 8 heteroatoms. The van der Waals surface area contributed by atoms with Crippen LogP contribution in [0, 0.1) is 5.41 Å². The number of esters is 1. The first-order valence-electron chi connectivity index (χ1n) is 7.26. The molecule has 0 aliphatic heterocycles. The Balaban J connectivity index is 0.000000409. The molecule has 0 aromatic rings. The van der Waals surface area contributed by atoms with E-state index in [0.717, 1.165) is 25.7 Å². The first-order valence-corrected chi connectivity index (χ1v) is 7.26. The van der Waals surface area contributed by atoms with E-state index in [-0.39, 0.29) is 11.8 Å². The lowest BCUT2D eigenvalue weighted by Gasteiger charge is -2.34. The van der Waals surface area contributed by atoms with Gasteiger partial charge in [0.2, 0.25) is 6.29 Å². The van der Waals surface area contributed by atoms with Gasteiger partial charge in [-0.1, -0.05) is 19.3 Å². The summed E-state index contributed by atoms with van der Waals surface area (Å²) in [6.45, 7) is 3.13. The maximum absolute atomic E-state index is 10.6. The Morgan fingerprint density at radius 2 is 1.73 bits per heavy atom. The van der Waals surface area contributed by atoms with Crippen molar-refractivity contribution in [2.24, 2.45) is 16.9 Å². The number of nitrogens with two attached hydrogens (primary N) is 2. The van der Waals surface area contributed by atoms with Crippen LogP contribution in [0.1, 0.15) is 52.4 Å². The molecule has 8 nitrogen and oxygen atoms in total. The Bertz CT molecular complexity index is 364. The van der Waals surface area contributed by atoms with E-state index in [2.05, 4.69) is 15.2 Å². The minimum Gasteiger partial charge on any atom is -0.481 e. The van der Waals surface area contributed by atoms with Crippen molar-refractivity contribution in [1.29, 1.82) is 0 Å². The number of ether oxygens (including phenoxy) is 2. The zero-order chi connectivity index (χ0) is 17.2. The summed E-state index contributed by atoms with van der Waals surface area (Å²) < 4.78 is 8.66. The summed E-state index contributed by atoms with van der Waals surface area (Å²) in [5.74, 6) is -1.23. The first kappa shape index (κ1) is 20.2. The zero-order valence-electron chi connectivity index (χ0n) is 13.2. The molecule has 22 heavy (non-hydrogen) atoms. The quantitative estimate of drug-likeness (QED) is 0.513.